The number of carbonyl (C=O) groups is 1. The van der Waals surface area contributed by atoms with Crippen LogP contribution >= 0.6 is 0 Å². The van der Waals surface area contributed by atoms with Gasteiger partial charge in [0.05, 0.1) is 13.7 Å². The van der Waals surface area contributed by atoms with Crippen molar-refractivity contribution in [2.75, 3.05) is 13.7 Å². The molecule has 0 unspecified atom stereocenters. The van der Waals surface area contributed by atoms with Crippen LogP contribution in [-0.4, -0.2) is 25.7 Å². The molecule has 0 saturated carbocycles. The molecule has 1 N–H and O–H groups in total. The second-order valence-corrected chi connectivity index (χ2v) is 5.30. The predicted octanol–water partition coefficient (Wildman–Crippen LogP) is 3.26. The molecular formula is C16H25NO3. The van der Waals surface area contributed by atoms with E-state index in [4.69, 9.17) is 9.47 Å². The summed E-state index contributed by atoms with van der Waals surface area (Å²) in [7, 11) is 1.59. The van der Waals surface area contributed by atoms with Gasteiger partial charge in [0.25, 0.3) is 5.91 Å². The summed E-state index contributed by atoms with van der Waals surface area (Å²) in [4.78, 5) is 12.2. The summed E-state index contributed by atoms with van der Waals surface area (Å²) in [6, 6.07) is 5.38. The molecule has 4 nitrogen and oxygen atoms in total. The molecule has 0 spiro atoms. The molecular weight excluding hydrogens is 254 g/mol. The Balaban J connectivity index is 2.80. The number of benzene rings is 1. The van der Waals surface area contributed by atoms with Crippen LogP contribution in [0.2, 0.25) is 0 Å². The monoisotopic (exact) mass is 279 g/mol. The molecule has 1 aromatic rings. The maximum absolute atomic E-state index is 12.2. The minimum atomic E-state index is -0.0817. The lowest BCUT2D eigenvalue weighted by Gasteiger charge is -2.16. The van der Waals surface area contributed by atoms with Crippen LogP contribution in [0.25, 0.3) is 0 Å². The van der Waals surface area contributed by atoms with Gasteiger partial charge in [0.15, 0.2) is 11.5 Å². The van der Waals surface area contributed by atoms with Crippen molar-refractivity contribution in [2.24, 2.45) is 5.92 Å². The second kappa shape index (κ2) is 7.78. The van der Waals surface area contributed by atoms with Gasteiger partial charge in [0.1, 0.15) is 0 Å². The fourth-order valence-corrected chi connectivity index (χ4v) is 2.16. The van der Waals surface area contributed by atoms with Crippen LogP contribution in [0.15, 0.2) is 18.2 Å². The second-order valence-electron chi connectivity index (χ2n) is 5.30. The first-order valence-corrected chi connectivity index (χ1v) is 7.09. The first kappa shape index (κ1) is 16.3. The highest BCUT2D eigenvalue weighted by Gasteiger charge is 2.14. The summed E-state index contributed by atoms with van der Waals surface area (Å²) < 4.78 is 10.7. The third-order valence-corrected chi connectivity index (χ3v) is 2.93. The summed E-state index contributed by atoms with van der Waals surface area (Å²) in [6.45, 7) is 8.74. The van der Waals surface area contributed by atoms with Crippen molar-refractivity contribution >= 4 is 5.91 Å². The smallest absolute Gasteiger partial charge is 0.251 e. The number of amides is 1. The van der Waals surface area contributed by atoms with Crippen LogP contribution in [0.4, 0.5) is 0 Å². The summed E-state index contributed by atoms with van der Waals surface area (Å²) >= 11 is 0. The molecule has 0 radical (unpaired) electrons. The van der Waals surface area contributed by atoms with Gasteiger partial charge in [-0.3, -0.25) is 4.79 Å². The van der Waals surface area contributed by atoms with Crippen molar-refractivity contribution in [3.05, 3.63) is 23.8 Å². The molecule has 0 aliphatic carbocycles. The number of hydrogen-bond donors (Lipinski definition) is 1. The van der Waals surface area contributed by atoms with Gasteiger partial charge in [-0.1, -0.05) is 13.8 Å². The highest BCUT2D eigenvalue weighted by molar-refractivity contribution is 5.95. The molecule has 4 heteroatoms. The number of methoxy groups -OCH3 is 1. The quantitative estimate of drug-likeness (QED) is 0.833. The number of carbonyl (C=O) groups excluding carboxylic acids is 1. The van der Waals surface area contributed by atoms with E-state index in [0.29, 0.717) is 29.6 Å². The Labute approximate surface area is 121 Å². The molecule has 112 valence electrons. The highest BCUT2D eigenvalue weighted by Crippen LogP contribution is 2.28. The zero-order chi connectivity index (χ0) is 15.1. The minimum Gasteiger partial charge on any atom is -0.493 e. The van der Waals surface area contributed by atoms with Crippen LogP contribution in [0.5, 0.6) is 11.5 Å². The summed E-state index contributed by atoms with van der Waals surface area (Å²) in [5.74, 6) is 1.71. The van der Waals surface area contributed by atoms with Gasteiger partial charge in [-0.05, 0) is 44.4 Å². The molecule has 1 amide bonds. The van der Waals surface area contributed by atoms with Gasteiger partial charge in [-0.25, -0.2) is 0 Å². The number of ether oxygens (including phenoxy) is 2. The van der Waals surface area contributed by atoms with Crippen LogP contribution in [0.1, 0.15) is 44.5 Å². The SMILES string of the molecule is CCOc1cc(C(=O)N[C@@H](C)CC(C)C)ccc1OC. The van der Waals surface area contributed by atoms with Crippen LogP contribution in [-0.2, 0) is 0 Å². The molecule has 1 atom stereocenters. The van der Waals surface area contributed by atoms with Crippen molar-refractivity contribution in [3.63, 3.8) is 0 Å². The minimum absolute atomic E-state index is 0.0817. The lowest BCUT2D eigenvalue weighted by atomic mass is 10.0. The van der Waals surface area contributed by atoms with E-state index >= 15 is 0 Å². The largest absolute Gasteiger partial charge is 0.493 e. The topological polar surface area (TPSA) is 47.6 Å². The van der Waals surface area contributed by atoms with E-state index in [1.54, 1.807) is 25.3 Å². The van der Waals surface area contributed by atoms with Gasteiger partial charge >= 0.3 is 0 Å². The van der Waals surface area contributed by atoms with E-state index in [9.17, 15) is 4.79 Å². The standard InChI is InChI=1S/C16H25NO3/c1-6-20-15-10-13(7-8-14(15)19-5)16(18)17-12(4)9-11(2)3/h7-8,10-12H,6,9H2,1-5H3,(H,17,18)/t12-/m0/s1. The lowest BCUT2D eigenvalue weighted by Crippen LogP contribution is -2.33. The van der Waals surface area contributed by atoms with Crippen molar-refractivity contribution in [2.45, 2.75) is 40.2 Å². The molecule has 0 aliphatic rings. The lowest BCUT2D eigenvalue weighted by molar-refractivity contribution is 0.0935. The van der Waals surface area contributed by atoms with Gasteiger partial charge in [0, 0.05) is 11.6 Å². The summed E-state index contributed by atoms with van der Waals surface area (Å²) in [5, 5.41) is 3.00. The zero-order valence-corrected chi connectivity index (χ0v) is 13.0. The zero-order valence-electron chi connectivity index (χ0n) is 13.0. The van der Waals surface area contributed by atoms with E-state index in [2.05, 4.69) is 19.2 Å². The third-order valence-electron chi connectivity index (χ3n) is 2.93. The average Bonchev–Trinajstić information content (AvgIpc) is 2.37. The fourth-order valence-electron chi connectivity index (χ4n) is 2.16. The molecule has 0 aliphatic heterocycles. The Kier molecular flexibility index (Phi) is 6.36. The summed E-state index contributed by atoms with van der Waals surface area (Å²) in [5.41, 5.74) is 0.588. The van der Waals surface area contributed by atoms with Crippen LogP contribution in [0, 0.1) is 5.92 Å². The molecule has 0 fully saturated rings. The number of hydrogen-bond acceptors (Lipinski definition) is 3. The highest BCUT2D eigenvalue weighted by atomic mass is 16.5. The molecule has 0 bridgehead atoms. The fraction of sp³-hybridized carbons (Fsp3) is 0.562. The first-order valence-electron chi connectivity index (χ1n) is 7.09. The predicted molar refractivity (Wildman–Crippen MR) is 80.5 cm³/mol. The Morgan fingerprint density at radius 1 is 1.25 bits per heavy atom. The maximum Gasteiger partial charge on any atom is 0.251 e. The Morgan fingerprint density at radius 3 is 2.50 bits per heavy atom. The molecule has 1 rings (SSSR count). The van der Waals surface area contributed by atoms with Crippen LogP contribution in [0.3, 0.4) is 0 Å². The van der Waals surface area contributed by atoms with Crippen molar-refractivity contribution in [1.82, 2.24) is 5.32 Å². The number of rotatable bonds is 7. The molecule has 0 heterocycles. The molecule has 20 heavy (non-hydrogen) atoms. The van der Waals surface area contributed by atoms with Gasteiger partial charge in [-0.15, -0.1) is 0 Å². The van der Waals surface area contributed by atoms with Gasteiger partial charge in [0.2, 0.25) is 0 Å². The Morgan fingerprint density at radius 2 is 1.95 bits per heavy atom. The Hall–Kier alpha value is -1.71. The van der Waals surface area contributed by atoms with E-state index < -0.39 is 0 Å². The molecule has 0 saturated heterocycles. The Bertz CT molecular complexity index is 443. The van der Waals surface area contributed by atoms with Crippen molar-refractivity contribution < 1.29 is 14.3 Å². The van der Waals surface area contributed by atoms with E-state index in [1.807, 2.05) is 13.8 Å². The maximum atomic E-state index is 12.2. The van der Waals surface area contributed by atoms with E-state index in [-0.39, 0.29) is 11.9 Å². The van der Waals surface area contributed by atoms with E-state index in [0.717, 1.165) is 6.42 Å². The summed E-state index contributed by atoms with van der Waals surface area (Å²) in [6.07, 6.45) is 0.959. The van der Waals surface area contributed by atoms with E-state index in [1.165, 1.54) is 0 Å². The van der Waals surface area contributed by atoms with Gasteiger partial charge in [-0.2, -0.15) is 0 Å². The van der Waals surface area contributed by atoms with Crippen molar-refractivity contribution in [1.29, 1.82) is 0 Å². The average molecular weight is 279 g/mol. The van der Waals surface area contributed by atoms with Gasteiger partial charge < -0.3 is 14.8 Å². The number of nitrogens with one attached hydrogen (secondary N) is 1. The van der Waals surface area contributed by atoms with Crippen LogP contribution < -0.4 is 14.8 Å². The molecule has 0 aromatic heterocycles. The third kappa shape index (κ3) is 4.76. The van der Waals surface area contributed by atoms with Crippen molar-refractivity contribution in [3.8, 4) is 11.5 Å². The first-order chi connectivity index (χ1) is 9.47. The normalized spacial score (nSPS) is 12.1. The molecule has 1 aromatic carbocycles.